The van der Waals surface area contributed by atoms with Crippen LogP contribution in [0.4, 0.5) is 4.79 Å². The highest BCUT2D eigenvalue weighted by Crippen LogP contribution is 2.24. The largest absolute Gasteiger partial charge is 0.352 e. The molecule has 1 unspecified atom stereocenters. The highest BCUT2D eigenvalue weighted by Gasteiger charge is 2.34. The normalized spacial score (nSPS) is 18.6. The Kier molecular flexibility index (Phi) is 4.84. The standard InChI is InChI=1S/C14H18ClN3O2/c1-2-7-17-14(20)18-9-8-16-13(19)12(18)10-3-5-11(15)6-4-10/h3-6,12H,2,7-9H2,1H3,(H,16,19)(H,17,20). The lowest BCUT2D eigenvalue weighted by Crippen LogP contribution is -2.54. The van der Waals surface area contributed by atoms with Gasteiger partial charge in [-0.25, -0.2) is 4.79 Å². The molecule has 1 saturated heterocycles. The van der Waals surface area contributed by atoms with Crippen molar-refractivity contribution in [1.82, 2.24) is 15.5 Å². The molecule has 1 fully saturated rings. The fourth-order valence-electron chi connectivity index (χ4n) is 2.20. The van der Waals surface area contributed by atoms with Gasteiger partial charge in [0.2, 0.25) is 5.91 Å². The quantitative estimate of drug-likeness (QED) is 0.895. The summed E-state index contributed by atoms with van der Waals surface area (Å²) in [6.07, 6.45) is 0.859. The molecular formula is C14H18ClN3O2. The fourth-order valence-corrected chi connectivity index (χ4v) is 2.32. The maximum Gasteiger partial charge on any atom is 0.318 e. The molecular weight excluding hydrogens is 278 g/mol. The van der Waals surface area contributed by atoms with Crippen LogP contribution in [0, 0.1) is 0 Å². The number of carbonyl (C=O) groups excluding carboxylic acids is 2. The SMILES string of the molecule is CCCNC(=O)N1CCNC(=O)C1c1ccc(Cl)cc1. The molecule has 3 amide bonds. The lowest BCUT2D eigenvalue weighted by atomic mass is 10.0. The van der Waals surface area contributed by atoms with E-state index >= 15 is 0 Å². The average molecular weight is 296 g/mol. The van der Waals surface area contributed by atoms with Crippen LogP contribution >= 0.6 is 11.6 Å². The molecule has 1 aromatic rings. The Morgan fingerprint density at radius 3 is 2.80 bits per heavy atom. The summed E-state index contributed by atoms with van der Waals surface area (Å²) in [6.45, 7) is 3.56. The van der Waals surface area contributed by atoms with E-state index in [4.69, 9.17) is 11.6 Å². The van der Waals surface area contributed by atoms with Crippen LogP contribution in [-0.2, 0) is 4.79 Å². The number of rotatable bonds is 3. The third kappa shape index (κ3) is 3.22. The third-order valence-electron chi connectivity index (χ3n) is 3.18. The summed E-state index contributed by atoms with van der Waals surface area (Å²) in [5.74, 6) is -0.162. The van der Waals surface area contributed by atoms with Gasteiger partial charge in [-0.1, -0.05) is 30.7 Å². The molecule has 1 aliphatic rings. The van der Waals surface area contributed by atoms with E-state index in [1.54, 1.807) is 29.2 Å². The second-order valence-corrected chi connectivity index (χ2v) is 5.11. The van der Waals surface area contributed by atoms with E-state index in [0.29, 0.717) is 24.7 Å². The van der Waals surface area contributed by atoms with Gasteiger partial charge in [-0.15, -0.1) is 0 Å². The van der Waals surface area contributed by atoms with E-state index < -0.39 is 6.04 Å². The van der Waals surface area contributed by atoms with E-state index in [1.165, 1.54) is 0 Å². The van der Waals surface area contributed by atoms with Crippen molar-refractivity contribution >= 4 is 23.5 Å². The van der Waals surface area contributed by atoms with E-state index in [-0.39, 0.29) is 11.9 Å². The van der Waals surface area contributed by atoms with Crippen molar-refractivity contribution in [2.75, 3.05) is 19.6 Å². The maximum absolute atomic E-state index is 12.2. The molecule has 0 aromatic heterocycles. The first-order chi connectivity index (χ1) is 9.63. The number of nitrogens with zero attached hydrogens (tertiary/aromatic N) is 1. The molecule has 0 saturated carbocycles. The van der Waals surface area contributed by atoms with E-state index in [1.807, 2.05) is 6.92 Å². The summed E-state index contributed by atoms with van der Waals surface area (Å²) < 4.78 is 0. The second kappa shape index (κ2) is 6.61. The number of carbonyl (C=O) groups is 2. The van der Waals surface area contributed by atoms with Crippen molar-refractivity contribution in [2.24, 2.45) is 0 Å². The summed E-state index contributed by atoms with van der Waals surface area (Å²) in [6, 6.07) is 6.19. The molecule has 2 N–H and O–H groups in total. The van der Waals surface area contributed by atoms with Gasteiger partial charge in [0, 0.05) is 24.7 Å². The summed E-state index contributed by atoms with van der Waals surface area (Å²) >= 11 is 5.86. The summed E-state index contributed by atoms with van der Waals surface area (Å²) in [4.78, 5) is 25.8. The highest BCUT2D eigenvalue weighted by atomic mass is 35.5. The van der Waals surface area contributed by atoms with Gasteiger partial charge in [0.05, 0.1) is 0 Å². The van der Waals surface area contributed by atoms with Crippen LogP contribution in [0.3, 0.4) is 0 Å². The Morgan fingerprint density at radius 1 is 1.45 bits per heavy atom. The van der Waals surface area contributed by atoms with Gasteiger partial charge in [-0.2, -0.15) is 0 Å². The predicted molar refractivity (Wildman–Crippen MR) is 77.6 cm³/mol. The molecule has 108 valence electrons. The van der Waals surface area contributed by atoms with Crippen LogP contribution in [0.5, 0.6) is 0 Å². The molecule has 2 rings (SSSR count). The first kappa shape index (κ1) is 14.7. The Hall–Kier alpha value is -1.75. The Labute approximate surface area is 123 Å². The fraction of sp³-hybridized carbons (Fsp3) is 0.429. The molecule has 5 nitrogen and oxygen atoms in total. The van der Waals surface area contributed by atoms with Crippen molar-refractivity contribution in [2.45, 2.75) is 19.4 Å². The maximum atomic E-state index is 12.2. The van der Waals surface area contributed by atoms with Gasteiger partial charge in [-0.05, 0) is 24.1 Å². The van der Waals surface area contributed by atoms with Gasteiger partial charge in [0.15, 0.2) is 0 Å². The van der Waals surface area contributed by atoms with Crippen LogP contribution in [-0.4, -0.2) is 36.5 Å². The first-order valence-electron chi connectivity index (χ1n) is 6.71. The minimum Gasteiger partial charge on any atom is -0.352 e. The number of hydrogen-bond donors (Lipinski definition) is 2. The molecule has 1 aromatic carbocycles. The van der Waals surface area contributed by atoms with Crippen LogP contribution in [0.15, 0.2) is 24.3 Å². The second-order valence-electron chi connectivity index (χ2n) is 4.67. The number of hydrogen-bond acceptors (Lipinski definition) is 2. The monoisotopic (exact) mass is 295 g/mol. The van der Waals surface area contributed by atoms with Gasteiger partial charge >= 0.3 is 6.03 Å². The number of amides is 3. The Balaban J connectivity index is 2.22. The average Bonchev–Trinajstić information content (AvgIpc) is 2.45. The highest BCUT2D eigenvalue weighted by molar-refractivity contribution is 6.30. The number of nitrogens with one attached hydrogen (secondary N) is 2. The van der Waals surface area contributed by atoms with Crippen LogP contribution in [0.2, 0.25) is 5.02 Å². The van der Waals surface area contributed by atoms with Gasteiger partial charge in [0.1, 0.15) is 6.04 Å². The van der Waals surface area contributed by atoms with Crippen molar-refractivity contribution in [3.63, 3.8) is 0 Å². The Bertz CT molecular complexity index is 490. The number of urea groups is 1. The topological polar surface area (TPSA) is 61.4 Å². The first-order valence-corrected chi connectivity index (χ1v) is 7.09. The number of benzene rings is 1. The lowest BCUT2D eigenvalue weighted by molar-refractivity contribution is -0.127. The lowest BCUT2D eigenvalue weighted by Gasteiger charge is -2.35. The number of piperazine rings is 1. The van der Waals surface area contributed by atoms with Crippen molar-refractivity contribution in [1.29, 1.82) is 0 Å². The van der Waals surface area contributed by atoms with E-state index in [0.717, 1.165) is 12.0 Å². The minimum absolute atomic E-state index is 0.162. The third-order valence-corrected chi connectivity index (χ3v) is 3.44. The smallest absolute Gasteiger partial charge is 0.318 e. The zero-order valence-electron chi connectivity index (χ0n) is 11.4. The summed E-state index contributed by atoms with van der Waals surface area (Å²) in [7, 11) is 0. The summed E-state index contributed by atoms with van der Waals surface area (Å²) in [5.41, 5.74) is 0.762. The Morgan fingerprint density at radius 2 is 2.15 bits per heavy atom. The molecule has 6 heteroatoms. The molecule has 0 spiro atoms. The molecule has 0 bridgehead atoms. The van der Waals surface area contributed by atoms with Crippen molar-refractivity contribution in [3.05, 3.63) is 34.9 Å². The van der Waals surface area contributed by atoms with Gasteiger partial charge in [0.25, 0.3) is 0 Å². The van der Waals surface area contributed by atoms with Gasteiger partial charge < -0.3 is 15.5 Å². The van der Waals surface area contributed by atoms with Crippen LogP contribution in [0.25, 0.3) is 0 Å². The minimum atomic E-state index is -0.599. The van der Waals surface area contributed by atoms with Crippen molar-refractivity contribution in [3.8, 4) is 0 Å². The molecule has 20 heavy (non-hydrogen) atoms. The molecule has 1 aliphatic heterocycles. The number of halogens is 1. The molecule has 0 aliphatic carbocycles. The molecule has 1 heterocycles. The van der Waals surface area contributed by atoms with Gasteiger partial charge in [-0.3, -0.25) is 4.79 Å². The van der Waals surface area contributed by atoms with Crippen molar-refractivity contribution < 1.29 is 9.59 Å². The predicted octanol–water partition coefficient (Wildman–Crippen LogP) is 1.93. The van der Waals surface area contributed by atoms with E-state index in [2.05, 4.69) is 10.6 Å². The molecule has 1 atom stereocenters. The van der Waals surface area contributed by atoms with E-state index in [9.17, 15) is 9.59 Å². The van der Waals surface area contributed by atoms with Crippen LogP contribution in [0.1, 0.15) is 24.9 Å². The zero-order valence-corrected chi connectivity index (χ0v) is 12.1. The zero-order chi connectivity index (χ0) is 14.5. The summed E-state index contributed by atoms with van der Waals surface area (Å²) in [5, 5.41) is 6.21. The van der Waals surface area contributed by atoms with Crippen LogP contribution < -0.4 is 10.6 Å². The molecule has 0 radical (unpaired) electrons.